The Morgan fingerprint density at radius 1 is 0.857 bits per heavy atom. The van der Waals surface area contributed by atoms with Crippen molar-refractivity contribution in [3.8, 4) is 22.8 Å². The van der Waals surface area contributed by atoms with E-state index in [1.807, 2.05) is 47.4 Å². The molecule has 218 valence electrons. The van der Waals surface area contributed by atoms with Crippen molar-refractivity contribution in [2.45, 2.75) is 31.7 Å². The SMILES string of the molecule is COc1ccc(-c2ccnc3cc(C(=O)NC4CCC(C(=O)N5CCN(c6ccccn6)CC5)CC4)nn23)cc1OC. The number of carbonyl (C=O) groups excluding carboxylic acids is 2. The highest BCUT2D eigenvalue weighted by atomic mass is 16.5. The predicted molar refractivity (Wildman–Crippen MR) is 158 cm³/mol. The average molecular weight is 570 g/mol. The van der Waals surface area contributed by atoms with E-state index in [1.165, 1.54) is 0 Å². The maximum atomic E-state index is 13.2. The lowest BCUT2D eigenvalue weighted by Crippen LogP contribution is -2.51. The second-order valence-electron chi connectivity index (χ2n) is 10.7. The van der Waals surface area contributed by atoms with Gasteiger partial charge in [-0.25, -0.2) is 14.5 Å². The van der Waals surface area contributed by atoms with E-state index < -0.39 is 0 Å². The lowest BCUT2D eigenvalue weighted by Gasteiger charge is -2.38. The number of rotatable bonds is 7. The van der Waals surface area contributed by atoms with Gasteiger partial charge in [0, 0.05) is 62.2 Å². The van der Waals surface area contributed by atoms with Crippen LogP contribution in [0, 0.1) is 5.92 Å². The number of nitrogens with one attached hydrogen (secondary N) is 1. The lowest BCUT2D eigenvalue weighted by atomic mass is 9.85. The number of amides is 2. The van der Waals surface area contributed by atoms with Gasteiger partial charge < -0.3 is 24.6 Å². The van der Waals surface area contributed by atoms with Crippen molar-refractivity contribution < 1.29 is 19.1 Å². The van der Waals surface area contributed by atoms with Crippen LogP contribution in [-0.4, -0.2) is 82.7 Å². The van der Waals surface area contributed by atoms with Crippen molar-refractivity contribution in [2.75, 3.05) is 45.3 Å². The van der Waals surface area contributed by atoms with Gasteiger partial charge in [0.05, 0.1) is 19.9 Å². The number of benzene rings is 1. The Morgan fingerprint density at radius 3 is 2.36 bits per heavy atom. The third-order valence-electron chi connectivity index (χ3n) is 8.25. The first-order chi connectivity index (χ1) is 20.5. The van der Waals surface area contributed by atoms with Crippen molar-refractivity contribution >= 4 is 23.3 Å². The molecule has 0 bridgehead atoms. The molecular formula is C31H35N7O4. The third-order valence-corrected chi connectivity index (χ3v) is 8.25. The number of nitrogens with zero attached hydrogens (tertiary/aromatic N) is 6. The van der Waals surface area contributed by atoms with Gasteiger partial charge in [0.15, 0.2) is 22.8 Å². The molecule has 6 rings (SSSR count). The summed E-state index contributed by atoms with van der Waals surface area (Å²) in [5.74, 6) is 2.19. The minimum absolute atomic E-state index is 0.00277. The van der Waals surface area contributed by atoms with E-state index in [9.17, 15) is 9.59 Å². The molecule has 3 aromatic heterocycles. The van der Waals surface area contributed by atoms with Crippen molar-refractivity contribution in [1.82, 2.24) is 29.8 Å². The van der Waals surface area contributed by atoms with E-state index in [2.05, 4.69) is 25.3 Å². The Kier molecular flexibility index (Phi) is 7.89. The molecule has 2 aliphatic rings. The Bertz CT molecular complexity index is 1560. The number of pyridine rings is 1. The summed E-state index contributed by atoms with van der Waals surface area (Å²) >= 11 is 0. The lowest BCUT2D eigenvalue weighted by molar-refractivity contribution is -0.137. The largest absolute Gasteiger partial charge is 0.493 e. The van der Waals surface area contributed by atoms with E-state index in [4.69, 9.17) is 9.47 Å². The molecule has 0 radical (unpaired) electrons. The number of aromatic nitrogens is 4. The van der Waals surface area contributed by atoms with E-state index in [1.54, 1.807) is 37.2 Å². The predicted octanol–water partition coefficient (Wildman–Crippen LogP) is 3.45. The molecule has 0 atom stereocenters. The van der Waals surface area contributed by atoms with Gasteiger partial charge in [0.25, 0.3) is 5.91 Å². The second-order valence-corrected chi connectivity index (χ2v) is 10.7. The maximum Gasteiger partial charge on any atom is 0.272 e. The molecule has 1 aliphatic heterocycles. The minimum atomic E-state index is -0.237. The summed E-state index contributed by atoms with van der Waals surface area (Å²) in [5, 5.41) is 7.72. The Labute approximate surface area is 244 Å². The Morgan fingerprint density at radius 2 is 1.64 bits per heavy atom. The van der Waals surface area contributed by atoms with Gasteiger partial charge in [-0.1, -0.05) is 6.07 Å². The standard InChI is InChI=1S/C31H35N7O4/c1-41-26-11-8-22(19-27(26)42-2)25-12-14-33-29-20-24(35-38(25)29)30(39)34-23-9-6-21(7-10-23)31(40)37-17-15-36(16-18-37)28-5-3-4-13-32-28/h3-5,8,11-14,19-21,23H,6-7,9-10,15-18H2,1-2H3,(H,34,39). The molecule has 1 saturated carbocycles. The van der Waals surface area contributed by atoms with E-state index in [0.29, 0.717) is 35.9 Å². The molecule has 0 unspecified atom stereocenters. The Hall–Kier alpha value is -4.67. The molecule has 2 fully saturated rings. The molecule has 11 nitrogen and oxygen atoms in total. The molecule has 11 heteroatoms. The monoisotopic (exact) mass is 569 g/mol. The number of hydrogen-bond donors (Lipinski definition) is 1. The van der Waals surface area contributed by atoms with Gasteiger partial charge in [-0.15, -0.1) is 0 Å². The van der Waals surface area contributed by atoms with Crippen molar-refractivity contribution in [3.63, 3.8) is 0 Å². The summed E-state index contributed by atoms with van der Waals surface area (Å²) in [6.45, 7) is 2.99. The minimum Gasteiger partial charge on any atom is -0.493 e. The zero-order valence-electron chi connectivity index (χ0n) is 23.9. The quantitative estimate of drug-likeness (QED) is 0.360. The van der Waals surface area contributed by atoms with Crippen LogP contribution in [0.25, 0.3) is 16.9 Å². The first kappa shape index (κ1) is 27.5. The maximum absolute atomic E-state index is 13.2. The number of ether oxygens (including phenoxy) is 2. The highest BCUT2D eigenvalue weighted by Crippen LogP contribution is 2.32. The zero-order chi connectivity index (χ0) is 29.1. The van der Waals surface area contributed by atoms with Gasteiger partial charge in [-0.3, -0.25) is 9.59 Å². The summed E-state index contributed by atoms with van der Waals surface area (Å²) in [6, 6.07) is 15.1. The van der Waals surface area contributed by atoms with Gasteiger partial charge >= 0.3 is 0 Å². The van der Waals surface area contributed by atoms with Crippen LogP contribution >= 0.6 is 0 Å². The Balaban J connectivity index is 1.05. The van der Waals surface area contributed by atoms with Crippen molar-refractivity contribution in [3.05, 3.63) is 66.6 Å². The number of piperazine rings is 1. The highest BCUT2D eigenvalue weighted by molar-refractivity contribution is 5.93. The number of hydrogen-bond acceptors (Lipinski definition) is 8. The van der Waals surface area contributed by atoms with Crippen LogP contribution < -0.4 is 19.7 Å². The van der Waals surface area contributed by atoms with Crippen molar-refractivity contribution in [1.29, 1.82) is 0 Å². The molecule has 1 saturated heterocycles. The molecule has 0 spiro atoms. The normalized spacial score (nSPS) is 19.0. The summed E-state index contributed by atoms with van der Waals surface area (Å²) < 4.78 is 12.5. The first-order valence-electron chi connectivity index (χ1n) is 14.4. The molecule has 4 heterocycles. The van der Waals surface area contributed by atoms with Gasteiger partial charge in [-0.05, 0) is 62.1 Å². The van der Waals surface area contributed by atoms with Gasteiger partial charge in [0.1, 0.15) is 5.82 Å². The topological polar surface area (TPSA) is 114 Å². The molecule has 1 aliphatic carbocycles. The van der Waals surface area contributed by atoms with Crippen LogP contribution in [0.2, 0.25) is 0 Å². The van der Waals surface area contributed by atoms with Crippen LogP contribution in [0.1, 0.15) is 36.2 Å². The van der Waals surface area contributed by atoms with E-state index in [-0.39, 0.29) is 23.8 Å². The van der Waals surface area contributed by atoms with Gasteiger partial charge in [0.2, 0.25) is 5.91 Å². The van der Waals surface area contributed by atoms with Crippen molar-refractivity contribution in [2.24, 2.45) is 5.92 Å². The fourth-order valence-corrected chi connectivity index (χ4v) is 5.92. The third kappa shape index (κ3) is 5.59. The fourth-order valence-electron chi connectivity index (χ4n) is 5.92. The number of anilines is 1. The van der Waals surface area contributed by atoms with Crippen LogP contribution in [0.15, 0.2) is 60.9 Å². The van der Waals surface area contributed by atoms with Crippen LogP contribution in [-0.2, 0) is 4.79 Å². The van der Waals surface area contributed by atoms with Crippen LogP contribution in [0.3, 0.4) is 0 Å². The van der Waals surface area contributed by atoms with Crippen LogP contribution in [0.4, 0.5) is 5.82 Å². The summed E-state index contributed by atoms with van der Waals surface area (Å²) in [6.07, 6.45) is 6.55. The molecular weight excluding hydrogens is 534 g/mol. The summed E-state index contributed by atoms with van der Waals surface area (Å²) in [5.41, 5.74) is 2.51. The smallest absolute Gasteiger partial charge is 0.272 e. The summed E-state index contributed by atoms with van der Waals surface area (Å²) in [7, 11) is 3.19. The summed E-state index contributed by atoms with van der Waals surface area (Å²) in [4.78, 5) is 39.5. The number of carbonyl (C=O) groups is 2. The molecule has 1 aromatic carbocycles. The van der Waals surface area contributed by atoms with Crippen LogP contribution in [0.5, 0.6) is 11.5 Å². The number of methoxy groups -OCH3 is 2. The second kappa shape index (κ2) is 12.1. The van der Waals surface area contributed by atoms with E-state index in [0.717, 1.165) is 55.8 Å². The highest BCUT2D eigenvalue weighted by Gasteiger charge is 2.32. The molecule has 42 heavy (non-hydrogen) atoms. The van der Waals surface area contributed by atoms with E-state index >= 15 is 0 Å². The van der Waals surface area contributed by atoms with Gasteiger partial charge in [-0.2, -0.15) is 5.10 Å². The average Bonchev–Trinajstić information content (AvgIpc) is 3.50. The zero-order valence-corrected chi connectivity index (χ0v) is 23.9. The molecule has 2 amide bonds. The molecule has 4 aromatic rings. The number of fused-ring (bicyclic) bond motifs is 1. The first-order valence-corrected chi connectivity index (χ1v) is 14.4. The molecule has 1 N–H and O–H groups in total. The fraction of sp³-hybridized carbons (Fsp3) is 0.387.